The van der Waals surface area contributed by atoms with E-state index in [1.165, 1.54) is 11.0 Å². The fraction of sp³-hybridized carbons (Fsp3) is 0.500. The number of nitrogens with zero attached hydrogens (tertiary/aromatic N) is 1. The van der Waals surface area contributed by atoms with Crippen molar-refractivity contribution in [2.75, 3.05) is 31.5 Å². The van der Waals surface area contributed by atoms with Crippen molar-refractivity contribution < 1.29 is 18.4 Å². The molecule has 0 spiro atoms. The van der Waals surface area contributed by atoms with Crippen molar-refractivity contribution in [2.45, 2.75) is 19.8 Å². The van der Waals surface area contributed by atoms with E-state index >= 15 is 0 Å². The van der Waals surface area contributed by atoms with Crippen LogP contribution in [0.1, 0.15) is 19.8 Å². The van der Waals surface area contributed by atoms with Gasteiger partial charge in [0.05, 0.1) is 12.5 Å². The average molecular weight is 325 g/mol. The number of piperidine rings is 1. The second-order valence-electron chi connectivity index (χ2n) is 5.54. The van der Waals surface area contributed by atoms with Gasteiger partial charge in [-0.3, -0.25) is 9.59 Å². The van der Waals surface area contributed by atoms with Gasteiger partial charge in [-0.2, -0.15) is 0 Å². The number of anilines is 1. The number of carbonyl (C=O) groups is 2. The van der Waals surface area contributed by atoms with Crippen molar-refractivity contribution >= 4 is 17.5 Å². The number of rotatable bonds is 5. The van der Waals surface area contributed by atoms with Gasteiger partial charge in [-0.25, -0.2) is 8.78 Å². The summed E-state index contributed by atoms with van der Waals surface area (Å²) < 4.78 is 27.1. The predicted octanol–water partition coefficient (Wildman–Crippen LogP) is 1.75. The summed E-state index contributed by atoms with van der Waals surface area (Å²) >= 11 is 0. The van der Waals surface area contributed by atoms with E-state index in [1.54, 1.807) is 6.92 Å². The summed E-state index contributed by atoms with van der Waals surface area (Å²) in [5, 5.41) is 5.36. The van der Waals surface area contributed by atoms with Gasteiger partial charge in [0, 0.05) is 13.1 Å². The molecule has 1 unspecified atom stereocenters. The molecular weight excluding hydrogens is 304 g/mol. The highest BCUT2D eigenvalue weighted by atomic mass is 19.1. The van der Waals surface area contributed by atoms with Gasteiger partial charge in [0.15, 0.2) is 0 Å². The van der Waals surface area contributed by atoms with Crippen LogP contribution in [-0.2, 0) is 9.59 Å². The van der Waals surface area contributed by atoms with Crippen LogP contribution in [0.25, 0.3) is 0 Å². The maximum atomic E-state index is 13.5. The number of amides is 2. The Labute approximate surface area is 134 Å². The topological polar surface area (TPSA) is 61.4 Å². The molecule has 2 amide bonds. The zero-order chi connectivity index (χ0) is 16.8. The Bertz CT molecular complexity index is 554. The minimum atomic E-state index is -0.843. The van der Waals surface area contributed by atoms with Gasteiger partial charge in [-0.15, -0.1) is 0 Å². The third-order valence-electron chi connectivity index (χ3n) is 3.90. The molecule has 1 atom stereocenters. The summed E-state index contributed by atoms with van der Waals surface area (Å²) in [6, 6.07) is 3.35. The highest BCUT2D eigenvalue weighted by Gasteiger charge is 2.26. The Hall–Kier alpha value is -2.02. The molecule has 0 bridgehead atoms. The minimum absolute atomic E-state index is 0.108. The fourth-order valence-electron chi connectivity index (χ4n) is 2.64. The maximum absolute atomic E-state index is 13.5. The molecule has 0 aromatic heterocycles. The number of carbonyl (C=O) groups excluding carboxylic acids is 2. The lowest BCUT2D eigenvalue weighted by Crippen LogP contribution is -2.45. The summed E-state index contributed by atoms with van der Waals surface area (Å²) in [6.07, 6.45) is 1.70. The third-order valence-corrected chi connectivity index (χ3v) is 3.90. The second kappa shape index (κ2) is 8.01. The first kappa shape index (κ1) is 17.3. The number of benzene rings is 1. The molecule has 1 saturated heterocycles. The number of nitrogens with one attached hydrogen (secondary N) is 2. The van der Waals surface area contributed by atoms with E-state index < -0.39 is 23.2 Å². The molecule has 1 aromatic carbocycles. The Morgan fingerprint density at radius 1 is 1.35 bits per heavy atom. The lowest BCUT2D eigenvalue weighted by molar-refractivity contribution is -0.138. The first-order chi connectivity index (χ1) is 11.0. The first-order valence-electron chi connectivity index (χ1n) is 7.76. The quantitative estimate of drug-likeness (QED) is 0.867. The SMILES string of the molecule is CCN(CC(=O)Nc1c(F)cccc1F)C(=O)C1CCCNC1. The van der Waals surface area contributed by atoms with Crippen molar-refractivity contribution in [3.63, 3.8) is 0 Å². The molecule has 7 heteroatoms. The van der Waals surface area contributed by atoms with Crippen molar-refractivity contribution in [2.24, 2.45) is 5.92 Å². The Morgan fingerprint density at radius 3 is 2.61 bits per heavy atom. The van der Waals surface area contributed by atoms with E-state index in [-0.39, 0.29) is 18.4 Å². The van der Waals surface area contributed by atoms with Crippen LogP contribution in [0.4, 0.5) is 14.5 Å². The number of para-hydroxylation sites is 1. The van der Waals surface area contributed by atoms with E-state index in [9.17, 15) is 18.4 Å². The van der Waals surface area contributed by atoms with E-state index in [1.807, 2.05) is 0 Å². The number of hydrogen-bond donors (Lipinski definition) is 2. The monoisotopic (exact) mass is 325 g/mol. The number of halogens is 2. The molecule has 5 nitrogen and oxygen atoms in total. The molecule has 2 rings (SSSR count). The van der Waals surface area contributed by atoms with Gasteiger partial charge >= 0.3 is 0 Å². The first-order valence-corrected chi connectivity index (χ1v) is 7.76. The van der Waals surface area contributed by atoms with Crippen LogP contribution in [0.2, 0.25) is 0 Å². The van der Waals surface area contributed by atoms with Crippen molar-refractivity contribution in [1.82, 2.24) is 10.2 Å². The Morgan fingerprint density at radius 2 is 2.04 bits per heavy atom. The fourth-order valence-corrected chi connectivity index (χ4v) is 2.64. The van der Waals surface area contributed by atoms with Crippen molar-refractivity contribution in [3.8, 4) is 0 Å². The van der Waals surface area contributed by atoms with Crippen LogP contribution in [0, 0.1) is 17.6 Å². The average Bonchev–Trinajstić information content (AvgIpc) is 2.56. The lowest BCUT2D eigenvalue weighted by Gasteiger charge is -2.28. The largest absolute Gasteiger partial charge is 0.333 e. The minimum Gasteiger partial charge on any atom is -0.333 e. The molecule has 0 aliphatic carbocycles. The molecule has 126 valence electrons. The molecule has 1 aliphatic rings. The molecule has 1 aliphatic heterocycles. The number of likely N-dealkylation sites (N-methyl/N-ethyl adjacent to an activating group) is 1. The molecule has 2 N–H and O–H groups in total. The van der Waals surface area contributed by atoms with Crippen LogP contribution in [-0.4, -0.2) is 42.9 Å². The standard InChI is InChI=1S/C16H21F2N3O2/c1-2-21(16(23)11-5-4-8-19-9-11)10-14(22)20-15-12(17)6-3-7-13(15)18/h3,6-7,11,19H,2,4-5,8-10H2,1H3,(H,20,22). The van der Waals surface area contributed by atoms with E-state index in [0.29, 0.717) is 13.1 Å². The van der Waals surface area contributed by atoms with Crippen LogP contribution in [0.3, 0.4) is 0 Å². The van der Waals surface area contributed by atoms with E-state index in [0.717, 1.165) is 31.5 Å². The summed E-state index contributed by atoms with van der Waals surface area (Å²) in [5.74, 6) is -2.56. The molecular formula is C16H21F2N3O2. The van der Waals surface area contributed by atoms with Gasteiger partial charge in [0.25, 0.3) is 0 Å². The Balaban J connectivity index is 1.98. The summed E-state index contributed by atoms with van der Waals surface area (Å²) in [4.78, 5) is 25.8. The van der Waals surface area contributed by atoms with Crippen molar-refractivity contribution in [1.29, 1.82) is 0 Å². The molecule has 1 aromatic rings. The molecule has 1 heterocycles. The van der Waals surface area contributed by atoms with Crippen LogP contribution in [0.5, 0.6) is 0 Å². The van der Waals surface area contributed by atoms with Crippen LogP contribution < -0.4 is 10.6 Å². The molecule has 23 heavy (non-hydrogen) atoms. The van der Waals surface area contributed by atoms with E-state index in [2.05, 4.69) is 10.6 Å². The van der Waals surface area contributed by atoms with Crippen LogP contribution in [0.15, 0.2) is 18.2 Å². The summed E-state index contributed by atoms with van der Waals surface area (Å²) in [6.45, 7) is 3.40. The summed E-state index contributed by atoms with van der Waals surface area (Å²) in [5.41, 5.74) is -0.486. The van der Waals surface area contributed by atoms with Crippen LogP contribution >= 0.6 is 0 Å². The highest BCUT2D eigenvalue weighted by Crippen LogP contribution is 2.18. The van der Waals surface area contributed by atoms with E-state index in [4.69, 9.17) is 0 Å². The lowest BCUT2D eigenvalue weighted by atomic mass is 9.98. The normalized spacial score (nSPS) is 17.6. The van der Waals surface area contributed by atoms with Crippen molar-refractivity contribution in [3.05, 3.63) is 29.8 Å². The van der Waals surface area contributed by atoms with Gasteiger partial charge in [-0.05, 0) is 38.4 Å². The van der Waals surface area contributed by atoms with Gasteiger partial charge in [0.2, 0.25) is 11.8 Å². The molecule has 0 saturated carbocycles. The number of hydrogen-bond acceptors (Lipinski definition) is 3. The molecule has 0 radical (unpaired) electrons. The zero-order valence-corrected chi connectivity index (χ0v) is 13.1. The maximum Gasteiger partial charge on any atom is 0.244 e. The van der Waals surface area contributed by atoms with Gasteiger partial charge < -0.3 is 15.5 Å². The summed E-state index contributed by atoms with van der Waals surface area (Å²) in [7, 11) is 0. The Kier molecular flexibility index (Phi) is 6.04. The predicted molar refractivity (Wildman–Crippen MR) is 82.8 cm³/mol. The van der Waals surface area contributed by atoms with Gasteiger partial charge in [-0.1, -0.05) is 6.07 Å². The van der Waals surface area contributed by atoms with Gasteiger partial charge in [0.1, 0.15) is 17.3 Å². The second-order valence-corrected chi connectivity index (χ2v) is 5.54. The third kappa shape index (κ3) is 4.48. The zero-order valence-electron chi connectivity index (χ0n) is 13.1. The highest BCUT2D eigenvalue weighted by molar-refractivity contribution is 5.95. The smallest absolute Gasteiger partial charge is 0.244 e. The molecule has 1 fully saturated rings.